The van der Waals surface area contributed by atoms with Crippen molar-refractivity contribution in [1.82, 2.24) is 0 Å². The number of sulfonamides is 2. The number of hydrogen-bond donors (Lipinski definition) is 0. The summed E-state index contributed by atoms with van der Waals surface area (Å²) in [6, 6.07) is 27.6. The molecule has 0 aliphatic carbocycles. The lowest BCUT2D eigenvalue weighted by molar-refractivity contribution is 0.583. The van der Waals surface area contributed by atoms with Crippen LogP contribution >= 0.6 is 66.8 Å². The van der Waals surface area contributed by atoms with E-state index in [9.17, 15) is 16.8 Å². The molecule has 4 rings (SSSR count). The van der Waals surface area contributed by atoms with Crippen LogP contribution in [0.4, 0.5) is 11.4 Å². The summed E-state index contributed by atoms with van der Waals surface area (Å²) in [5, 5.41) is 0. The molecule has 0 amide bonds. The highest BCUT2D eigenvalue weighted by Crippen LogP contribution is 2.35. The number of nitrogens with zero attached hydrogens (tertiary/aromatic N) is 2. The molecule has 0 aliphatic rings. The van der Waals surface area contributed by atoms with E-state index in [0.717, 1.165) is 20.1 Å². The Balaban J connectivity index is 1.54. The third-order valence-corrected chi connectivity index (χ3v) is 14.2. The molecule has 0 saturated carbocycles. The number of halogens is 4. The van der Waals surface area contributed by atoms with E-state index in [1.807, 2.05) is 26.0 Å². The molecule has 0 aliphatic heterocycles. The van der Waals surface area contributed by atoms with Gasteiger partial charge in [0.1, 0.15) is 0 Å². The lowest BCUT2D eigenvalue weighted by Crippen LogP contribution is -2.44. The van der Waals surface area contributed by atoms with Crippen molar-refractivity contribution in [2.45, 2.75) is 47.2 Å². The summed E-state index contributed by atoms with van der Waals surface area (Å²) in [7, 11) is -7.91. The van der Waals surface area contributed by atoms with Crippen LogP contribution in [0.5, 0.6) is 0 Å². The molecule has 13 heteroatoms. The van der Waals surface area contributed by atoms with Gasteiger partial charge in [-0.2, -0.15) is 11.8 Å². The fourth-order valence-electron chi connectivity index (χ4n) is 4.73. The molecular weight excluding hydrogens is 827 g/mol. The topological polar surface area (TPSA) is 74.8 Å². The van der Waals surface area contributed by atoms with Gasteiger partial charge < -0.3 is 0 Å². The highest BCUT2D eigenvalue weighted by Gasteiger charge is 2.36. The van der Waals surface area contributed by atoms with Crippen LogP contribution < -0.4 is 8.61 Å². The minimum absolute atomic E-state index is 0.0147. The Bertz CT molecular complexity index is 1770. The molecule has 47 heavy (non-hydrogen) atoms. The lowest BCUT2D eigenvalue weighted by Gasteiger charge is -2.34. The van der Waals surface area contributed by atoms with Gasteiger partial charge in [-0.15, -0.1) is 23.2 Å². The van der Waals surface area contributed by atoms with Crippen LogP contribution in [0.2, 0.25) is 0 Å². The highest BCUT2D eigenvalue weighted by molar-refractivity contribution is 9.10. The normalized spacial score (nSPS) is 14.6. The molecule has 4 aromatic carbocycles. The predicted octanol–water partition coefficient (Wildman–Crippen LogP) is 9.65. The quantitative estimate of drug-likeness (QED) is 0.118. The second-order valence-corrected chi connectivity index (χ2v) is 20.3. The van der Waals surface area contributed by atoms with Gasteiger partial charge in [-0.05, 0) is 88.4 Å². The molecular formula is C34H36Br2Cl2N2O4S3. The summed E-state index contributed by atoms with van der Waals surface area (Å²) >= 11 is 22.5. The summed E-state index contributed by atoms with van der Waals surface area (Å²) in [5.74, 6) is 0.679. The van der Waals surface area contributed by atoms with Gasteiger partial charge in [0.25, 0.3) is 20.0 Å². The van der Waals surface area contributed by atoms with Crippen molar-refractivity contribution in [3.05, 3.63) is 117 Å². The smallest absolute Gasteiger partial charge is 0.264 e. The molecule has 0 unspecified atom stereocenters. The Morgan fingerprint density at radius 1 is 0.617 bits per heavy atom. The molecule has 0 N–H and O–H groups in total. The number of anilines is 2. The van der Waals surface area contributed by atoms with E-state index in [2.05, 4.69) is 31.9 Å². The summed E-state index contributed by atoms with van der Waals surface area (Å²) in [5.41, 5.74) is 2.85. The first kappa shape index (κ1) is 38.1. The van der Waals surface area contributed by atoms with Gasteiger partial charge in [0.2, 0.25) is 0 Å². The van der Waals surface area contributed by atoms with Crippen molar-refractivity contribution in [1.29, 1.82) is 0 Å². The van der Waals surface area contributed by atoms with Crippen molar-refractivity contribution < 1.29 is 16.8 Å². The van der Waals surface area contributed by atoms with Crippen molar-refractivity contribution in [2.24, 2.45) is 0 Å². The minimum atomic E-state index is -3.95. The molecule has 0 fully saturated rings. The van der Waals surface area contributed by atoms with Gasteiger partial charge in [0.15, 0.2) is 0 Å². The van der Waals surface area contributed by atoms with Crippen LogP contribution in [0.15, 0.2) is 116 Å². The van der Waals surface area contributed by atoms with Crippen LogP contribution in [0.25, 0.3) is 0 Å². The molecule has 0 heterocycles. The molecule has 0 aromatic heterocycles. The van der Waals surface area contributed by atoms with Crippen LogP contribution in [0.3, 0.4) is 0 Å². The first-order valence-corrected chi connectivity index (χ1v) is 20.9. The maximum absolute atomic E-state index is 13.9. The number of rotatable bonds is 14. The fraction of sp³-hybridized carbons (Fsp3) is 0.294. The number of aryl methyl sites for hydroxylation is 2. The molecule has 0 bridgehead atoms. The summed E-state index contributed by atoms with van der Waals surface area (Å²) in [6.07, 6.45) is 0. The minimum Gasteiger partial charge on any atom is -0.265 e. The second kappa shape index (κ2) is 15.4. The van der Waals surface area contributed by atoms with E-state index in [-0.39, 0.29) is 22.9 Å². The van der Waals surface area contributed by atoms with Crippen LogP contribution in [0, 0.1) is 13.8 Å². The maximum Gasteiger partial charge on any atom is 0.264 e. The average Bonchev–Trinajstić information content (AvgIpc) is 2.99. The van der Waals surface area contributed by atoms with E-state index < -0.39 is 29.8 Å². The standard InChI is InChI=1S/C34H36Br2Cl2N2O4S3/c1-25-11-15-31(16-12-25)46(41,42)39(29-9-5-7-27(35)19-29)21-33(3,37)23-45-24-34(4,38)22-40(30-10-6-8-28(36)20-30)47(43,44)32-17-13-26(2)14-18-32/h5-20H,21-24H2,1-4H3/t33-,34+. The zero-order valence-corrected chi connectivity index (χ0v) is 33.5. The maximum atomic E-state index is 13.9. The number of hydrogen-bond acceptors (Lipinski definition) is 5. The zero-order chi connectivity index (χ0) is 34.6. The van der Waals surface area contributed by atoms with Crippen LogP contribution in [-0.4, -0.2) is 51.2 Å². The van der Waals surface area contributed by atoms with Gasteiger partial charge in [0, 0.05) is 20.5 Å². The van der Waals surface area contributed by atoms with E-state index >= 15 is 0 Å². The van der Waals surface area contributed by atoms with E-state index in [1.54, 1.807) is 98.8 Å². The highest BCUT2D eigenvalue weighted by atomic mass is 79.9. The second-order valence-electron chi connectivity index (χ2n) is 11.9. The first-order chi connectivity index (χ1) is 21.9. The van der Waals surface area contributed by atoms with Gasteiger partial charge in [-0.1, -0.05) is 79.4 Å². The molecule has 252 valence electrons. The molecule has 0 saturated heterocycles. The van der Waals surface area contributed by atoms with E-state index in [4.69, 9.17) is 23.2 Å². The summed E-state index contributed by atoms with van der Waals surface area (Å²) < 4.78 is 59.9. The van der Waals surface area contributed by atoms with E-state index in [1.165, 1.54) is 20.4 Å². The number of alkyl halides is 2. The van der Waals surface area contributed by atoms with Crippen molar-refractivity contribution in [2.75, 3.05) is 33.2 Å². The first-order valence-electron chi connectivity index (χ1n) is 14.6. The molecule has 0 spiro atoms. The van der Waals surface area contributed by atoms with Gasteiger partial charge >= 0.3 is 0 Å². The van der Waals surface area contributed by atoms with Gasteiger partial charge in [0.05, 0.1) is 44.0 Å². The fourth-order valence-corrected chi connectivity index (χ4v) is 10.6. The Labute approximate surface area is 310 Å². The van der Waals surface area contributed by atoms with Crippen molar-refractivity contribution >= 4 is 98.2 Å². The van der Waals surface area contributed by atoms with Gasteiger partial charge in [-0.3, -0.25) is 8.61 Å². The number of benzene rings is 4. The van der Waals surface area contributed by atoms with Crippen molar-refractivity contribution in [3.8, 4) is 0 Å². The molecule has 4 aromatic rings. The summed E-state index contributed by atoms with van der Waals surface area (Å²) in [6.45, 7) is 7.35. The molecule has 0 radical (unpaired) electrons. The Kier molecular flexibility index (Phi) is 12.5. The third-order valence-electron chi connectivity index (χ3n) is 7.16. The Morgan fingerprint density at radius 3 is 1.28 bits per heavy atom. The Hall–Kier alpha value is -1.73. The zero-order valence-electron chi connectivity index (χ0n) is 26.3. The number of thioether (sulfide) groups is 1. The third kappa shape index (κ3) is 10.2. The molecule has 2 atom stereocenters. The van der Waals surface area contributed by atoms with Crippen LogP contribution in [0.1, 0.15) is 25.0 Å². The SMILES string of the molecule is Cc1ccc(S(=O)(=O)N(C[C@@](C)(Cl)CSC[C@@](C)(Cl)CN(c2cccc(Br)c2)S(=O)(=O)c2ccc(C)cc2)c2cccc(Br)c2)cc1. The Morgan fingerprint density at radius 2 is 0.957 bits per heavy atom. The van der Waals surface area contributed by atoms with E-state index in [0.29, 0.717) is 22.9 Å². The molecule has 6 nitrogen and oxygen atoms in total. The van der Waals surface area contributed by atoms with Gasteiger partial charge in [-0.25, -0.2) is 16.8 Å². The average molecular weight is 864 g/mol. The van der Waals surface area contributed by atoms with Crippen molar-refractivity contribution in [3.63, 3.8) is 0 Å². The summed E-state index contributed by atoms with van der Waals surface area (Å²) in [4.78, 5) is -1.68. The monoisotopic (exact) mass is 860 g/mol. The predicted molar refractivity (Wildman–Crippen MR) is 206 cm³/mol. The van der Waals surface area contributed by atoms with Crippen LogP contribution in [-0.2, 0) is 20.0 Å². The lowest BCUT2D eigenvalue weighted by atomic mass is 10.2. The largest absolute Gasteiger partial charge is 0.265 e.